The van der Waals surface area contributed by atoms with E-state index in [0.717, 1.165) is 49.4 Å². The average Bonchev–Trinajstić information content (AvgIpc) is 2.31. The fourth-order valence-electron chi connectivity index (χ4n) is 2.33. The number of nitrogens with one attached hydrogen (secondary N) is 1. The lowest BCUT2D eigenvalue weighted by Crippen LogP contribution is -2.33. The van der Waals surface area contributed by atoms with Crippen LogP contribution in [-0.2, 0) is 6.42 Å². The lowest BCUT2D eigenvalue weighted by molar-refractivity contribution is 0.410. The maximum atomic E-state index is 5.91. The summed E-state index contributed by atoms with van der Waals surface area (Å²) < 4.78 is 0. The van der Waals surface area contributed by atoms with Gasteiger partial charge in [0.25, 0.3) is 0 Å². The molecule has 2 rings (SSSR count). The predicted octanol–water partition coefficient (Wildman–Crippen LogP) is 2.03. The molecule has 4 nitrogen and oxygen atoms in total. The third kappa shape index (κ3) is 3.40. The van der Waals surface area contributed by atoms with Gasteiger partial charge in [0.15, 0.2) is 0 Å². The molecule has 1 aliphatic carbocycles. The summed E-state index contributed by atoms with van der Waals surface area (Å²) in [7, 11) is 0. The Hall–Kier alpha value is -1.16. The third-order valence-electron chi connectivity index (χ3n) is 3.34. The van der Waals surface area contributed by atoms with Crippen LogP contribution in [-0.4, -0.2) is 22.1 Å². The smallest absolute Gasteiger partial charge is 0.130 e. The number of aryl methyl sites for hydroxylation is 2. The van der Waals surface area contributed by atoms with E-state index >= 15 is 0 Å². The van der Waals surface area contributed by atoms with Gasteiger partial charge in [-0.1, -0.05) is 6.92 Å². The first kappa shape index (κ1) is 12.3. The number of nitrogens with zero attached hydrogens (tertiary/aromatic N) is 2. The second-order valence-electron chi connectivity index (χ2n) is 4.92. The van der Waals surface area contributed by atoms with Gasteiger partial charge in [-0.2, -0.15) is 0 Å². The molecule has 0 amide bonds. The number of hydrogen-bond acceptors (Lipinski definition) is 4. The molecule has 0 bridgehead atoms. The zero-order valence-corrected chi connectivity index (χ0v) is 10.7. The second-order valence-corrected chi connectivity index (χ2v) is 4.92. The quantitative estimate of drug-likeness (QED) is 0.840. The monoisotopic (exact) mass is 234 g/mol. The van der Waals surface area contributed by atoms with Gasteiger partial charge in [0.2, 0.25) is 0 Å². The van der Waals surface area contributed by atoms with E-state index in [1.54, 1.807) is 0 Å². The van der Waals surface area contributed by atoms with Crippen molar-refractivity contribution in [2.45, 2.75) is 58.0 Å². The summed E-state index contributed by atoms with van der Waals surface area (Å²) in [5.41, 5.74) is 6.94. The van der Waals surface area contributed by atoms with Crippen LogP contribution in [0.1, 0.15) is 44.1 Å². The van der Waals surface area contributed by atoms with Crippen LogP contribution in [0, 0.1) is 6.92 Å². The van der Waals surface area contributed by atoms with Gasteiger partial charge in [0.05, 0.1) is 0 Å². The van der Waals surface area contributed by atoms with E-state index in [-0.39, 0.29) is 0 Å². The van der Waals surface area contributed by atoms with E-state index in [1.165, 1.54) is 0 Å². The highest BCUT2D eigenvalue weighted by Gasteiger charge is 2.18. The van der Waals surface area contributed by atoms with Gasteiger partial charge in [0.1, 0.15) is 11.6 Å². The van der Waals surface area contributed by atoms with Crippen LogP contribution >= 0.6 is 0 Å². The molecule has 0 radical (unpaired) electrons. The van der Waals surface area contributed by atoms with Crippen LogP contribution in [0.2, 0.25) is 0 Å². The number of hydrogen-bond donors (Lipinski definition) is 2. The Morgan fingerprint density at radius 2 is 2.00 bits per heavy atom. The highest BCUT2D eigenvalue weighted by Crippen LogP contribution is 2.20. The van der Waals surface area contributed by atoms with Crippen molar-refractivity contribution in [1.29, 1.82) is 0 Å². The predicted molar refractivity (Wildman–Crippen MR) is 70.0 cm³/mol. The van der Waals surface area contributed by atoms with E-state index < -0.39 is 0 Å². The molecule has 0 spiro atoms. The summed E-state index contributed by atoms with van der Waals surface area (Å²) in [6.07, 6.45) is 5.40. The molecule has 1 fully saturated rings. The Bertz CT molecular complexity index is 370. The number of anilines is 1. The Balaban J connectivity index is 2.00. The van der Waals surface area contributed by atoms with Gasteiger partial charge in [-0.25, -0.2) is 9.97 Å². The van der Waals surface area contributed by atoms with Gasteiger partial charge in [0, 0.05) is 30.3 Å². The minimum Gasteiger partial charge on any atom is -0.367 e. The third-order valence-corrected chi connectivity index (χ3v) is 3.34. The maximum Gasteiger partial charge on any atom is 0.130 e. The van der Waals surface area contributed by atoms with E-state index in [1.807, 2.05) is 13.0 Å². The summed E-state index contributed by atoms with van der Waals surface area (Å²) >= 11 is 0. The van der Waals surface area contributed by atoms with Crippen molar-refractivity contribution in [3.63, 3.8) is 0 Å². The second kappa shape index (κ2) is 5.45. The zero-order valence-electron chi connectivity index (χ0n) is 10.7. The SMILES string of the molecule is CCc1nc(C)cc(NC2CCC(N)CC2)n1. The summed E-state index contributed by atoms with van der Waals surface area (Å²) in [6.45, 7) is 4.10. The molecule has 0 aliphatic heterocycles. The minimum atomic E-state index is 0.395. The van der Waals surface area contributed by atoms with E-state index in [4.69, 9.17) is 5.73 Å². The highest BCUT2D eigenvalue weighted by molar-refractivity contribution is 5.37. The average molecular weight is 234 g/mol. The topological polar surface area (TPSA) is 63.8 Å². The molecular formula is C13H22N4. The van der Waals surface area contributed by atoms with Crippen molar-refractivity contribution in [2.75, 3.05) is 5.32 Å². The normalized spacial score (nSPS) is 24.6. The lowest BCUT2D eigenvalue weighted by atomic mass is 9.92. The molecule has 94 valence electrons. The molecule has 3 N–H and O–H groups in total. The van der Waals surface area contributed by atoms with Gasteiger partial charge >= 0.3 is 0 Å². The fourth-order valence-corrected chi connectivity index (χ4v) is 2.33. The summed E-state index contributed by atoms with van der Waals surface area (Å²) in [5.74, 6) is 1.88. The Labute approximate surface area is 103 Å². The molecular weight excluding hydrogens is 212 g/mol. The minimum absolute atomic E-state index is 0.395. The number of rotatable bonds is 3. The first-order valence-electron chi connectivity index (χ1n) is 6.54. The molecule has 1 aromatic rings. The molecule has 17 heavy (non-hydrogen) atoms. The van der Waals surface area contributed by atoms with Crippen molar-refractivity contribution >= 4 is 5.82 Å². The first-order valence-corrected chi connectivity index (χ1v) is 6.54. The van der Waals surface area contributed by atoms with Gasteiger partial charge < -0.3 is 11.1 Å². The first-order chi connectivity index (χ1) is 8.17. The molecule has 1 saturated carbocycles. The van der Waals surface area contributed by atoms with Gasteiger partial charge in [-0.05, 0) is 32.6 Å². The largest absolute Gasteiger partial charge is 0.367 e. The maximum absolute atomic E-state index is 5.91. The summed E-state index contributed by atoms with van der Waals surface area (Å²) in [4.78, 5) is 8.90. The van der Waals surface area contributed by atoms with Crippen LogP contribution in [0.5, 0.6) is 0 Å². The van der Waals surface area contributed by atoms with Gasteiger partial charge in [-0.3, -0.25) is 0 Å². The molecule has 1 heterocycles. The highest BCUT2D eigenvalue weighted by atomic mass is 15.0. The molecule has 0 unspecified atom stereocenters. The Morgan fingerprint density at radius 3 is 2.65 bits per heavy atom. The number of nitrogens with two attached hydrogens (primary N) is 1. The van der Waals surface area contributed by atoms with Crippen molar-refractivity contribution < 1.29 is 0 Å². The summed E-state index contributed by atoms with van der Waals surface area (Å²) in [6, 6.07) is 2.94. The van der Waals surface area contributed by atoms with Crippen molar-refractivity contribution in [3.8, 4) is 0 Å². The van der Waals surface area contributed by atoms with Crippen LogP contribution in [0.25, 0.3) is 0 Å². The Kier molecular flexibility index (Phi) is 3.94. The van der Waals surface area contributed by atoms with Crippen LogP contribution < -0.4 is 11.1 Å². The fraction of sp³-hybridized carbons (Fsp3) is 0.692. The lowest BCUT2D eigenvalue weighted by Gasteiger charge is -2.27. The number of aromatic nitrogens is 2. The van der Waals surface area contributed by atoms with E-state index in [0.29, 0.717) is 12.1 Å². The zero-order chi connectivity index (χ0) is 12.3. The molecule has 0 atom stereocenters. The standard InChI is InChI=1S/C13H22N4/c1-3-12-15-9(2)8-13(17-12)16-11-6-4-10(14)5-7-11/h8,10-11H,3-7,14H2,1-2H3,(H,15,16,17). The molecule has 0 saturated heterocycles. The molecule has 0 aromatic carbocycles. The van der Waals surface area contributed by atoms with Crippen molar-refractivity contribution in [1.82, 2.24) is 9.97 Å². The van der Waals surface area contributed by atoms with Crippen LogP contribution in [0.4, 0.5) is 5.82 Å². The van der Waals surface area contributed by atoms with Gasteiger partial charge in [-0.15, -0.1) is 0 Å². The molecule has 4 heteroatoms. The van der Waals surface area contributed by atoms with Crippen molar-refractivity contribution in [2.24, 2.45) is 5.73 Å². The molecule has 1 aliphatic rings. The van der Waals surface area contributed by atoms with Crippen molar-refractivity contribution in [3.05, 3.63) is 17.6 Å². The van der Waals surface area contributed by atoms with E-state index in [2.05, 4.69) is 22.2 Å². The van der Waals surface area contributed by atoms with E-state index in [9.17, 15) is 0 Å². The summed E-state index contributed by atoms with van der Waals surface area (Å²) in [5, 5.41) is 3.51. The van der Waals surface area contributed by atoms with Crippen LogP contribution in [0.3, 0.4) is 0 Å². The van der Waals surface area contributed by atoms with Crippen LogP contribution in [0.15, 0.2) is 6.07 Å². The molecule has 1 aromatic heterocycles. The Morgan fingerprint density at radius 1 is 1.29 bits per heavy atom.